The van der Waals surface area contributed by atoms with E-state index in [2.05, 4.69) is 37.2 Å². The summed E-state index contributed by atoms with van der Waals surface area (Å²) in [7, 11) is 0. The fraction of sp³-hybridized carbons (Fsp3) is 0. The van der Waals surface area contributed by atoms with Gasteiger partial charge in [-0.1, -0.05) is 0 Å². The van der Waals surface area contributed by atoms with Crippen LogP contribution < -0.4 is 5.32 Å². The van der Waals surface area contributed by atoms with Gasteiger partial charge >= 0.3 is 0 Å². The van der Waals surface area contributed by atoms with Gasteiger partial charge in [-0.25, -0.2) is 0 Å². The van der Waals surface area contributed by atoms with E-state index in [-0.39, 0.29) is 5.91 Å². The van der Waals surface area contributed by atoms with Crippen LogP contribution in [0.3, 0.4) is 0 Å². The maximum absolute atomic E-state index is 12.0. The summed E-state index contributed by atoms with van der Waals surface area (Å²) >= 11 is 8.10. The lowest BCUT2D eigenvalue weighted by Gasteiger charge is -2.04. The van der Waals surface area contributed by atoms with E-state index in [9.17, 15) is 9.59 Å². The molecule has 92 valence electrons. The third kappa shape index (κ3) is 3.07. The second-order valence-electron chi connectivity index (χ2n) is 3.43. The third-order valence-corrected chi connectivity index (χ3v) is 4.55. The van der Waals surface area contributed by atoms with Crippen LogP contribution in [0.1, 0.15) is 20.7 Å². The lowest BCUT2D eigenvalue weighted by Crippen LogP contribution is -2.11. The summed E-state index contributed by atoms with van der Waals surface area (Å²) in [6, 6.07) is 8.44. The van der Waals surface area contributed by atoms with Crippen molar-refractivity contribution < 1.29 is 9.59 Å². The van der Waals surface area contributed by atoms with E-state index in [1.807, 2.05) is 0 Å². The van der Waals surface area contributed by atoms with Crippen LogP contribution in [0.25, 0.3) is 0 Å². The van der Waals surface area contributed by atoms with Crippen molar-refractivity contribution in [2.75, 3.05) is 5.32 Å². The number of amides is 1. The first-order chi connectivity index (χ1) is 8.60. The molecule has 2 aromatic rings. The average Bonchev–Trinajstić information content (AvgIpc) is 2.69. The van der Waals surface area contributed by atoms with Gasteiger partial charge in [-0.05, 0) is 62.2 Å². The summed E-state index contributed by atoms with van der Waals surface area (Å²) in [4.78, 5) is 22.5. The number of benzene rings is 1. The van der Waals surface area contributed by atoms with E-state index < -0.39 is 0 Å². The molecule has 0 aliphatic carbocycles. The number of nitrogens with one attached hydrogen (secondary N) is 1. The van der Waals surface area contributed by atoms with Crippen LogP contribution in [0.2, 0.25) is 0 Å². The highest BCUT2D eigenvalue weighted by Gasteiger charge is 2.13. The third-order valence-electron chi connectivity index (χ3n) is 2.21. The summed E-state index contributed by atoms with van der Waals surface area (Å²) in [5.41, 5.74) is 1.80. The Labute approximate surface area is 124 Å². The molecule has 0 saturated carbocycles. The largest absolute Gasteiger partial charge is 0.322 e. The molecule has 0 unspecified atom stereocenters. The number of aldehydes is 1. The van der Waals surface area contributed by atoms with Crippen LogP contribution in [0.4, 0.5) is 5.69 Å². The van der Waals surface area contributed by atoms with E-state index in [1.54, 1.807) is 30.3 Å². The maximum atomic E-state index is 12.0. The molecule has 0 aliphatic heterocycles. The molecule has 0 spiro atoms. The zero-order valence-corrected chi connectivity index (χ0v) is 12.9. The minimum atomic E-state index is -0.192. The first kappa shape index (κ1) is 13.5. The Morgan fingerprint density at radius 1 is 1.22 bits per heavy atom. The van der Waals surface area contributed by atoms with Gasteiger partial charge in [0.05, 0.1) is 13.1 Å². The molecule has 1 aromatic carbocycles. The van der Waals surface area contributed by atoms with Gasteiger partial charge in [0.2, 0.25) is 0 Å². The van der Waals surface area contributed by atoms with E-state index >= 15 is 0 Å². The molecule has 1 amide bonds. The summed E-state index contributed by atoms with van der Waals surface area (Å²) < 4.78 is 1.66. The summed E-state index contributed by atoms with van der Waals surface area (Å²) in [5.74, 6) is -0.192. The molecule has 18 heavy (non-hydrogen) atoms. The van der Waals surface area contributed by atoms with Gasteiger partial charge in [-0.2, -0.15) is 0 Å². The lowest BCUT2D eigenvalue weighted by atomic mass is 10.2. The zero-order valence-electron chi connectivity index (χ0n) is 8.94. The highest BCUT2D eigenvalue weighted by atomic mass is 79.9. The highest BCUT2D eigenvalue weighted by molar-refractivity contribution is 9.12. The zero-order chi connectivity index (χ0) is 13.1. The van der Waals surface area contributed by atoms with Crippen molar-refractivity contribution >= 4 is 61.1 Å². The van der Waals surface area contributed by atoms with Crippen molar-refractivity contribution in [2.24, 2.45) is 0 Å². The van der Waals surface area contributed by atoms with Crippen molar-refractivity contribution in [3.63, 3.8) is 0 Å². The molecule has 1 aromatic heterocycles. The number of rotatable bonds is 3. The van der Waals surface area contributed by atoms with Crippen LogP contribution in [0.15, 0.2) is 37.9 Å². The Bertz CT molecular complexity index is 593. The van der Waals surface area contributed by atoms with Crippen LogP contribution in [-0.2, 0) is 0 Å². The topological polar surface area (TPSA) is 46.2 Å². The second kappa shape index (κ2) is 5.77. The van der Waals surface area contributed by atoms with Crippen LogP contribution in [0, 0.1) is 0 Å². The predicted molar refractivity (Wildman–Crippen MR) is 79.5 cm³/mol. The molecule has 0 saturated heterocycles. The molecule has 2 rings (SSSR count). The Balaban J connectivity index is 2.15. The minimum Gasteiger partial charge on any atom is -0.322 e. The molecule has 0 bridgehead atoms. The number of carbonyl (C=O) groups excluding carboxylic acids is 2. The van der Waals surface area contributed by atoms with Gasteiger partial charge < -0.3 is 5.32 Å². The summed E-state index contributed by atoms with van der Waals surface area (Å²) in [6.07, 6.45) is 0.762. The van der Waals surface area contributed by atoms with Crippen molar-refractivity contribution in [2.45, 2.75) is 0 Å². The van der Waals surface area contributed by atoms with Gasteiger partial charge in [-0.3, -0.25) is 9.59 Å². The van der Waals surface area contributed by atoms with Crippen molar-refractivity contribution in [1.82, 2.24) is 0 Å². The minimum absolute atomic E-state index is 0.192. The van der Waals surface area contributed by atoms with Crippen molar-refractivity contribution in [3.05, 3.63) is 49.0 Å². The molecule has 0 aliphatic rings. The number of hydrogen-bond acceptors (Lipinski definition) is 3. The molecule has 6 heteroatoms. The Hall–Kier alpha value is -0.980. The number of thiophene rings is 1. The van der Waals surface area contributed by atoms with Gasteiger partial charge in [0.1, 0.15) is 6.29 Å². The SMILES string of the molecule is O=Cc1ccc(NC(=O)c2cc(Br)sc2Br)cc1. The van der Waals surface area contributed by atoms with Gasteiger partial charge in [0.25, 0.3) is 5.91 Å². The average molecular weight is 389 g/mol. The molecule has 0 fully saturated rings. The number of anilines is 1. The molecule has 1 N–H and O–H groups in total. The molecule has 0 atom stereocenters. The Kier molecular flexibility index (Phi) is 4.31. The predicted octanol–water partition coefficient (Wildman–Crippen LogP) is 4.34. The smallest absolute Gasteiger partial charge is 0.257 e. The normalized spacial score (nSPS) is 10.1. The van der Waals surface area contributed by atoms with Gasteiger partial charge in [-0.15, -0.1) is 11.3 Å². The summed E-state index contributed by atoms with van der Waals surface area (Å²) in [6.45, 7) is 0. The lowest BCUT2D eigenvalue weighted by molar-refractivity contribution is 0.102. The van der Waals surface area contributed by atoms with Gasteiger partial charge in [0, 0.05) is 11.3 Å². The van der Waals surface area contributed by atoms with Crippen LogP contribution in [0.5, 0.6) is 0 Å². The van der Waals surface area contributed by atoms with Crippen LogP contribution >= 0.6 is 43.2 Å². The van der Waals surface area contributed by atoms with E-state index in [0.717, 1.165) is 13.9 Å². The fourth-order valence-corrected chi connectivity index (χ4v) is 4.13. The molecule has 3 nitrogen and oxygen atoms in total. The van der Waals surface area contributed by atoms with Crippen molar-refractivity contribution in [1.29, 1.82) is 0 Å². The fourth-order valence-electron chi connectivity index (χ4n) is 1.34. The van der Waals surface area contributed by atoms with Crippen LogP contribution in [-0.4, -0.2) is 12.2 Å². The Morgan fingerprint density at radius 2 is 1.89 bits per heavy atom. The maximum Gasteiger partial charge on any atom is 0.257 e. The first-order valence-corrected chi connectivity index (χ1v) is 7.32. The first-order valence-electron chi connectivity index (χ1n) is 4.91. The van der Waals surface area contributed by atoms with E-state index in [4.69, 9.17) is 0 Å². The summed E-state index contributed by atoms with van der Waals surface area (Å²) in [5, 5.41) is 2.76. The molecular formula is C12H7Br2NO2S. The quantitative estimate of drug-likeness (QED) is 0.795. The monoisotopic (exact) mass is 387 g/mol. The highest BCUT2D eigenvalue weighted by Crippen LogP contribution is 2.32. The molecular weight excluding hydrogens is 382 g/mol. The standard InChI is InChI=1S/C12H7Br2NO2S/c13-10-5-9(11(14)18-10)12(17)15-8-3-1-7(6-16)2-4-8/h1-6H,(H,15,17). The number of carbonyl (C=O) groups is 2. The van der Waals surface area contributed by atoms with E-state index in [0.29, 0.717) is 16.8 Å². The van der Waals surface area contributed by atoms with Gasteiger partial charge in [0.15, 0.2) is 0 Å². The molecule has 1 heterocycles. The Morgan fingerprint density at radius 3 is 2.39 bits per heavy atom. The second-order valence-corrected chi connectivity index (χ2v) is 7.18. The van der Waals surface area contributed by atoms with Crippen molar-refractivity contribution in [3.8, 4) is 0 Å². The molecule has 0 radical (unpaired) electrons. The van der Waals surface area contributed by atoms with E-state index in [1.165, 1.54) is 11.3 Å². The number of hydrogen-bond donors (Lipinski definition) is 1. The number of halogens is 2.